The number of likely N-dealkylation sites (N-methyl/N-ethyl adjacent to an activating group) is 1. The Balaban J connectivity index is 2.43. The minimum absolute atomic E-state index is 0.0551. The van der Waals surface area contributed by atoms with Crippen molar-refractivity contribution < 1.29 is 13.6 Å². The van der Waals surface area contributed by atoms with Crippen molar-refractivity contribution in [3.8, 4) is 0 Å². The monoisotopic (exact) mass is 263 g/mol. The summed E-state index contributed by atoms with van der Waals surface area (Å²) in [5.74, 6) is -0.0551. The van der Waals surface area contributed by atoms with E-state index < -0.39 is 0 Å². The molecule has 92 valence electrons. The van der Waals surface area contributed by atoms with Crippen LogP contribution < -0.4 is 5.32 Å². The van der Waals surface area contributed by atoms with E-state index in [1.807, 2.05) is 0 Å². The zero-order chi connectivity index (χ0) is 12.7. The molecule has 0 unspecified atom stereocenters. The number of ketones is 1. The largest absolute Gasteiger partial charge is 0.463 e. The molecule has 0 atom stereocenters. The van der Waals surface area contributed by atoms with Gasteiger partial charge in [0.25, 0.3) is 0 Å². The van der Waals surface area contributed by atoms with Crippen molar-refractivity contribution in [1.82, 2.24) is 5.32 Å². The SMILES string of the molecule is CNCC(=O)c1c2ccoc2c(Cl)c2ccoc12. The Morgan fingerprint density at radius 1 is 1.22 bits per heavy atom. The van der Waals surface area contributed by atoms with E-state index in [0.29, 0.717) is 32.5 Å². The maximum Gasteiger partial charge on any atom is 0.181 e. The van der Waals surface area contributed by atoms with Crippen LogP contribution in [0.3, 0.4) is 0 Å². The second-order valence-corrected chi connectivity index (χ2v) is 4.35. The Morgan fingerprint density at radius 2 is 1.89 bits per heavy atom. The standard InChI is InChI=1S/C13H10ClNO3/c1-15-6-9(16)10-7-2-4-18-13(7)11(14)8-3-5-17-12(8)10/h2-5,15H,6H2,1H3. The minimum Gasteiger partial charge on any atom is -0.463 e. The van der Waals surface area contributed by atoms with E-state index in [9.17, 15) is 4.79 Å². The van der Waals surface area contributed by atoms with Crippen LogP contribution in [0.15, 0.2) is 33.5 Å². The molecule has 0 spiro atoms. The molecule has 0 radical (unpaired) electrons. The first kappa shape index (κ1) is 11.3. The second-order valence-electron chi connectivity index (χ2n) is 3.97. The van der Waals surface area contributed by atoms with Gasteiger partial charge in [-0.3, -0.25) is 4.79 Å². The third-order valence-corrected chi connectivity index (χ3v) is 3.25. The second kappa shape index (κ2) is 4.15. The summed E-state index contributed by atoms with van der Waals surface area (Å²) in [6.45, 7) is 0.234. The molecular weight excluding hydrogens is 254 g/mol. The summed E-state index contributed by atoms with van der Waals surface area (Å²) in [7, 11) is 1.72. The lowest BCUT2D eigenvalue weighted by atomic mass is 10.0. The van der Waals surface area contributed by atoms with Crippen LogP contribution >= 0.6 is 11.6 Å². The topological polar surface area (TPSA) is 55.4 Å². The normalized spacial score (nSPS) is 11.4. The fourth-order valence-electron chi connectivity index (χ4n) is 2.12. The summed E-state index contributed by atoms with van der Waals surface area (Å²) in [6.07, 6.45) is 3.04. The number of carbonyl (C=O) groups excluding carboxylic acids is 1. The molecule has 18 heavy (non-hydrogen) atoms. The molecule has 0 saturated heterocycles. The molecule has 0 bridgehead atoms. The first-order valence-corrected chi connectivity index (χ1v) is 5.85. The molecule has 1 aromatic carbocycles. The van der Waals surface area contributed by atoms with Crippen LogP contribution in [0, 0.1) is 0 Å². The molecule has 0 aliphatic heterocycles. The van der Waals surface area contributed by atoms with Crippen molar-refractivity contribution in [3.63, 3.8) is 0 Å². The number of benzene rings is 1. The number of fused-ring (bicyclic) bond motifs is 2. The van der Waals surface area contributed by atoms with Gasteiger partial charge >= 0.3 is 0 Å². The van der Waals surface area contributed by atoms with Crippen LogP contribution in [0.2, 0.25) is 5.02 Å². The molecule has 4 nitrogen and oxygen atoms in total. The number of furan rings is 2. The van der Waals surface area contributed by atoms with E-state index >= 15 is 0 Å². The van der Waals surface area contributed by atoms with Crippen LogP contribution in [0.25, 0.3) is 21.9 Å². The van der Waals surface area contributed by atoms with E-state index in [2.05, 4.69) is 5.32 Å². The predicted octanol–water partition coefficient (Wildman–Crippen LogP) is 3.23. The summed E-state index contributed by atoms with van der Waals surface area (Å²) in [5, 5.41) is 4.69. The van der Waals surface area contributed by atoms with Crippen LogP contribution in [0.4, 0.5) is 0 Å². The molecule has 0 aliphatic carbocycles. The lowest BCUT2D eigenvalue weighted by Gasteiger charge is -2.04. The van der Waals surface area contributed by atoms with Crippen molar-refractivity contribution in [3.05, 3.63) is 35.2 Å². The Morgan fingerprint density at radius 3 is 2.61 bits per heavy atom. The Bertz CT molecular complexity index is 689. The molecule has 0 aliphatic rings. The van der Waals surface area contributed by atoms with Crippen LogP contribution in [0.1, 0.15) is 10.4 Å². The molecule has 3 aromatic rings. The lowest BCUT2D eigenvalue weighted by molar-refractivity contribution is 0.0996. The highest BCUT2D eigenvalue weighted by molar-refractivity contribution is 6.41. The van der Waals surface area contributed by atoms with Gasteiger partial charge in [0, 0.05) is 10.8 Å². The number of halogens is 1. The molecule has 0 amide bonds. The van der Waals surface area contributed by atoms with E-state index in [1.54, 1.807) is 19.2 Å². The van der Waals surface area contributed by atoms with Crippen LogP contribution in [-0.4, -0.2) is 19.4 Å². The van der Waals surface area contributed by atoms with Gasteiger partial charge in [0.15, 0.2) is 11.4 Å². The zero-order valence-electron chi connectivity index (χ0n) is 9.62. The highest BCUT2D eigenvalue weighted by Crippen LogP contribution is 2.37. The summed E-state index contributed by atoms with van der Waals surface area (Å²) in [4.78, 5) is 12.2. The van der Waals surface area contributed by atoms with Gasteiger partial charge < -0.3 is 14.2 Å². The molecule has 2 aromatic heterocycles. The number of rotatable bonds is 3. The van der Waals surface area contributed by atoms with Crippen molar-refractivity contribution in [2.45, 2.75) is 0 Å². The van der Waals surface area contributed by atoms with Gasteiger partial charge in [-0.1, -0.05) is 11.6 Å². The van der Waals surface area contributed by atoms with Crippen molar-refractivity contribution >= 4 is 39.3 Å². The van der Waals surface area contributed by atoms with Crippen molar-refractivity contribution in [2.24, 2.45) is 0 Å². The lowest BCUT2D eigenvalue weighted by Crippen LogP contribution is -2.18. The van der Waals surface area contributed by atoms with E-state index in [4.69, 9.17) is 20.4 Å². The maximum absolute atomic E-state index is 12.2. The Kier molecular flexibility index (Phi) is 2.61. The number of hydrogen-bond acceptors (Lipinski definition) is 4. The van der Waals surface area contributed by atoms with Crippen molar-refractivity contribution in [1.29, 1.82) is 0 Å². The molecule has 1 N–H and O–H groups in total. The number of carbonyl (C=O) groups is 1. The zero-order valence-corrected chi connectivity index (χ0v) is 10.4. The molecule has 0 fully saturated rings. The van der Waals surface area contributed by atoms with Gasteiger partial charge in [-0.15, -0.1) is 0 Å². The third-order valence-electron chi connectivity index (χ3n) is 2.88. The maximum atomic E-state index is 12.2. The fourth-order valence-corrected chi connectivity index (χ4v) is 2.42. The quantitative estimate of drug-likeness (QED) is 0.737. The van der Waals surface area contributed by atoms with E-state index in [1.165, 1.54) is 12.5 Å². The Labute approximate surface area is 107 Å². The van der Waals surface area contributed by atoms with E-state index in [-0.39, 0.29) is 12.3 Å². The Hall–Kier alpha value is -1.78. The van der Waals surface area contributed by atoms with Gasteiger partial charge in [0.1, 0.15) is 5.58 Å². The third kappa shape index (κ3) is 1.46. The number of Topliss-reactive ketones (excluding diaryl/α,β-unsaturated/α-hetero) is 1. The fraction of sp³-hybridized carbons (Fsp3) is 0.154. The summed E-state index contributed by atoms with van der Waals surface area (Å²) in [6, 6.07) is 3.46. The molecular formula is C13H10ClNO3. The van der Waals surface area contributed by atoms with Gasteiger partial charge in [-0.25, -0.2) is 0 Å². The van der Waals surface area contributed by atoms with Gasteiger partial charge in [-0.05, 0) is 19.2 Å². The number of nitrogens with one attached hydrogen (secondary N) is 1. The van der Waals surface area contributed by atoms with Gasteiger partial charge in [0.2, 0.25) is 0 Å². The van der Waals surface area contributed by atoms with Crippen LogP contribution in [0.5, 0.6) is 0 Å². The highest BCUT2D eigenvalue weighted by atomic mass is 35.5. The smallest absolute Gasteiger partial charge is 0.181 e. The van der Waals surface area contributed by atoms with Crippen molar-refractivity contribution in [2.75, 3.05) is 13.6 Å². The summed E-state index contributed by atoms with van der Waals surface area (Å²) < 4.78 is 10.7. The average Bonchev–Trinajstić information content (AvgIpc) is 2.97. The predicted molar refractivity (Wildman–Crippen MR) is 69.3 cm³/mol. The summed E-state index contributed by atoms with van der Waals surface area (Å²) >= 11 is 6.23. The summed E-state index contributed by atoms with van der Waals surface area (Å²) in [5.41, 5.74) is 1.54. The van der Waals surface area contributed by atoms with Gasteiger partial charge in [0.05, 0.1) is 29.7 Å². The first-order chi connectivity index (χ1) is 8.74. The van der Waals surface area contributed by atoms with E-state index in [0.717, 1.165) is 0 Å². The van der Waals surface area contributed by atoms with Crippen LogP contribution in [-0.2, 0) is 0 Å². The highest BCUT2D eigenvalue weighted by Gasteiger charge is 2.21. The average molecular weight is 264 g/mol. The number of hydrogen-bond donors (Lipinski definition) is 1. The minimum atomic E-state index is -0.0551. The van der Waals surface area contributed by atoms with Gasteiger partial charge in [-0.2, -0.15) is 0 Å². The molecule has 2 heterocycles. The first-order valence-electron chi connectivity index (χ1n) is 5.47. The molecule has 0 saturated carbocycles. The molecule has 5 heteroatoms. The molecule has 3 rings (SSSR count).